The highest BCUT2D eigenvalue weighted by Gasteiger charge is 2.41. The van der Waals surface area contributed by atoms with Crippen LogP contribution < -0.4 is 5.32 Å². The van der Waals surface area contributed by atoms with Crippen LogP contribution in [0, 0.1) is 5.92 Å². The molecule has 1 unspecified atom stereocenters. The molecule has 3 heteroatoms. The van der Waals surface area contributed by atoms with Crippen LogP contribution in [0.2, 0.25) is 0 Å². The van der Waals surface area contributed by atoms with E-state index in [9.17, 15) is 9.90 Å². The Balaban J connectivity index is 1.85. The van der Waals surface area contributed by atoms with Gasteiger partial charge in [-0.3, -0.25) is 4.79 Å². The van der Waals surface area contributed by atoms with Crippen LogP contribution in [0.25, 0.3) is 0 Å². The van der Waals surface area contributed by atoms with E-state index >= 15 is 0 Å². The van der Waals surface area contributed by atoms with Gasteiger partial charge in [-0.2, -0.15) is 0 Å². The summed E-state index contributed by atoms with van der Waals surface area (Å²) in [5.41, 5.74) is 1.88. The quantitative estimate of drug-likeness (QED) is 0.758. The van der Waals surface area contributed by atoms with Crippen molar-refractivity contribution in [2.45, 2.75) is 45.1 Å². The van der Waals surface area contributed by atoms with Crippen molar-refractivity contribution >= 4 is 5.91 Å². The monoisotopic (exact) mass is 287 g/mol. The topological polar surface area (TPSA) is 49.3 Å². The van der Waals surface area contributed by atoms with Gasteiger partial charge >= 0.3 is 0 Å². The number of aryl methyl sites for hydroxylation is 1. The zero-order valence-electron chi connectivity index (χ0n) is 12.9. The molecule has 1 atom stereocenters. The first kappa shape index (κ1) is 15.8. The Morgan fingerprint density at radius 1 is 1.38 bits per heavy atom. The molecule has 21 heavy (non-hydrogen) atoms. The molecule has 1 amide bonds. The molecule has 0 radical (unpaired) electrons. The minimum Gasteiger partial charge on any atom is -0.394 e. The maximum Gasteiger partial charge on any atom is 0.244 e. The lowest BCUT2D eigenvalue weighted by molar-refractivity contribution is -0.119. The van der Waals surface area contributed by atoms with Crippen LogP contribution in [-0.2, 0) is 11.2 Å². The molecule has 1 aromatic rings. The Labute approximate surface area is 127 Å². The largest absolute Gasteiger partial charge is 0.394 e. The Hall–Kier alpha value is -1.61. The average molecular weight is 287 g/mol. The molecule has 0 aliphatic heterocycles. The van der Waals surface area contributed by atoms with Crippen molar-refractivity contribution in [3.05, 3.63) is 47.5 Å². The maximum absolute atomic E-state index is 12.1. The molecule has 2 N–H and O–H groups in total. The number of carbonyl (C=O) groups excluding carboxylic acids is 1. The molecule has 0 bridgehead atoms. The van der Waals surface area contributed by atoms with Gasteiger partial charge in [-0.1, -0.05) is 35.9 Å². The number of rotatable bonds is 7. The van der Waals surface area contributed by atoms with E-state index in [1.165, 1.54) is 5.56 Å². The van der Waals surface area contributed by atoms with E-state index < -0.39 is 5.54 Å². The van der Waals surface area contributed by atoms with Crippen molar-refractivity contribution in [1.29, 1.82) is 0 Å². The van der Waals surface area contributed by atoms with Gasteiger partial charge in [0, 0.05) is 6.08 Å². The average Bonchev–Trinajstić information content (AvgIpc) is 3.31. The first-order valence-corrected chi connectivity index (χ1v) is 7.67. The molecule has 1 aliphatic carbocycles. The molecule has 114 valence electrons. The van der Waals surface area contributed by atoms with Crippen molar-refractivity contribution in [2.24, 2.45) is 5.92 Å². The third kappa shape index (κ3) is 4.71. The normalized spacial score (nSPS) is 18.1. The Morgan fingerprint density at radius 3 is 2.62 bits per heavy atom. The van der Waals surface area contributed by atoms with Crippen LogP contribution in [0.3, 0.4) is 0 Å². The molecule has 0 heterocycles. The van der Waals surface area contributed by atoms with Gasteiger partial charge in [-0.15, -0.1) is 0 Å². The SMILES string of the molecule is C/C(=C/C(=O)NC(C)(CO)C1CC1)CCc1ccccc1. The lowest BCUT2D eigenvalue weighted by Gasteiger charge is -2.28. The van der Waals surface area contributed by atoms with Crippen molar-refractivity contribution in [3.63, 3.8) is 0 Å². The maximum atomic E-state index is 12.1. The minimum absolute atomic E-state index is 0.000307. The molecule has 2 rings (SSSR count). The smallest absolute Gasteiger partial charge is 0.244 e. The van der Waals surface area contributed by atoms with Crippen molar-refractivity contribution < 1.29 is 9.90 Å². The molecule has 1 aliphatic rings. The molecule has 3 nitrogen and oxygen atoms in total. The molecule has 0 saturated heterocycles. The highest BCUT2D eigenvalue weighted by Crippen LogP contribution is 2.39. The van der Waals surface area contributed by atoms with E-state index in [2.05, 4.69) is 17.4 Å². The molecule has 0 aromatic heterocycles. The van der Waals surface area contributed by atoms with E-state index in [-0.39, 0.29) is 12.5 Å². The van der Waals surface area contributed by atoms with Crippen LogP contribution in [0.4, 0.5) is 0 Å². The van der Waals surface area contributed by atoms with Crippen LogP contribution in [0.5, 0.6) is 0 Å². The summed E-state index contributed by atoms with van der Waals surface area (Å²) < 4.78 is 0. The fraction of sp³-hybridized carbons (Fsp3) is 0.500. The molecule has 1 saturated carbocycles. The summed E-state index contributed by atoms with van der Waals surface area (Å²) in [6.45, 7) is 3.91. The van der Waals surface area contributed by atoms with Crippen LogP contribution in [0.1, 0.15) is 38.7 Å². The molecular formula is C18H25NO2. The van der Waals surface area contributed by atoms with Crippen LogP contribution >= 0.6 is 0 Å². The Kier molecular flexibility index (Phi) is 5.18. The number of hydrogen-bond donors (Lipinski definition) is 2. The lowest BCUT2D eigenvalue weighted by atomic mass is 9.96. The number of carbonyl (C=O) groups is 1. The second-order valence-corrected chi connectivity index (χ2v) is 6.32. The summed E-state index contributed by atoms with van der Waals surface area (Å²) in [7, 11) is 0. The third-order valence-corrected chi connectivity index (χ3v) is 4.24. The van der Waals surface area contributed by atoms with Gasteiger partial charge in [0.25, 0.3) is 0 Å². The first-order chi connectivity index (χ1) is 10.0. The van der Waals surface area contributed by atoms with Gasteiger partial charge in [0.1, 0.15) is 0 Å². The third-order valence-electron chi connectivity index (χ3n) is 4.24. The Bertz CT molecular complexity index is 505. The first-order valence-electron chi connectivity index (χ1n) is 7.67. The summed E-state index contributed by atoms with van der Waals surface area (Å²) in [6, 6.07) is 10.3. The van der Waals surface area contributed by atoms with E-state index in [0.717, 1.165) is 31.3 Å². The van der Waals surface area contributed by atoms with Crippen molar-refractivity contribution in [2.75, 3.05) is 6.61 Å². The molecule has 1 fully saturated rings. The molecule has 0 spiro atoms. The number of nitrogens with one attached hydrogen (secondary N) is 1. The second kappa shape index (κ2) is 6.90. The predicted octanol–water partition coefficient (Wildman–Crippen LogP) is 2.84. The molecule has 1 aromatic carbocycles. The fourth-order valence-electron chi connectivity index (χ4n) is 2.59. The van der Waals surface area contributed by atoms with E-state index in [1.807, 2.05) is 32.0 Å². The zero-order chi connectivity index (χ0) is 15.3. The van der Waals surface area contributed by atoms with Gasteiger partial charge in [0.05, 0.1) is 12.1 Å². The minimum atomic E-state index is -0.465. The van der Waals surface area contributed by atoms with Crippen LogP contribution in [-0.4, -0.2) is 23.2 Å². The Morgan fingerprint density at radius 2 is 2.05 bits per heavy atom. The van der Waals surface area contributed by atoms with Crippen molar-refractivity contribution in [1.82, 2.24) is 5.32 Å². The summed E-state index contributed by atoms with van der Waals surface area (Å²) in [6.07, 6.45) is 5.66. The standard InChI is InChI=1S/C18H25NO2/c1-14(8-9-15-6-4-3-5-7-15)12-17(21)19-18(2,13-20)16-10-11-16/h3-7,12,16,20H,8-11,13H2,1-2H3,(H,19,21)/b14-12-. The van der Waals surface area contributed by atoms with Crippen LogP contribution in [0.15, 0.2) is 42.0 Å². The van der Waals surface area contributed by atoms with E-state index in [0.29, 0.717) is 5.92 Å². The van der Waals surface area contributed by atoms with E-state index in [4.69, 9.17) is 0 Å². The summed E-state index contributed by atoms with van der Waals surface area (Å²) in [5.74, 6) is 0.327. The van der Waals surface area contributed by atoms with Gasteiger partial charge in [-0.25, -0.2) is 0 Å². The zero-order valence-corrected chi connectivity index (χ0v) is 12.9. The highest BCUT2D eigenvalue weighted by molar-refractivity contribution is 5.88. The predicted molar refractivity (Wildman–Crippen MR) is 84.9 cm³/mol. The number of aliphatic hydroxyl groups is 1. The van der Waals surface area contributed by atoms with E-state index in [1.54, 1.807) is 6.08 Å². The van der Waals surface area contributed by atoms with Gasteiger partial charge in [0.15, 0.2) is 0 Å². The van der Waals surface area contributed by atoms with Gasteiger partial charge in [0.2, 0.25) is 5.91 Å². The number of benzene rings is 1. The van der Waals surface area contributed by atoms with Gasteiger partial charge < -0.3 is 10.4 Å². The number of aliphatic hydroxyl groups excluding tert-OH is 1. The number of allylic oxidation sites excluding steroid dienone is 1. The summed E-state index contributed by atoms with van der Waals surface area (Å²) in [5, 5.41) is 12.5. The fourth-order valence-corrected chi connectivity index (χ4v) is 2.59. The summed E-state index contributed by atoms with van der Waals surface area (Å²) in [4.78, 5) is 12.1. The number of amides is 1. The lowest BCUT2D eigenvalue weighted by Crippen LogP contribution is -2.50. The summed E-state index contributed by atoms with van der Waals surface area (Å²) >= 11 is 0. The highest BCUT2D eigenvalue weighted by atomic mass is 16.3. The molecular weight excluding hydrogens is 262 g/mol. The van der Waals surface area contributed by atoms with Crippen molar-refractivity contribution in [3.8, 4) is 0 Å². The second-order valence-electron chi connectivity index (χ2n) is 6.32. The number of hydrogen-bond acceptors (Lipinski definition) is 2. The van der Waals surface area contributed by atoms with Gasteiger partial charge in [-0.05, 0) is 51.0 Å².